The van der Waals surface area contributed by atoms with Crippen LogP contribution in [0.4, 0.5) is 0 Å². The van der Waals surface area contributed by atoms with E-state index >= 15 is 0 Å². The fourth-order valence-electron chi connectivity index (χ4n) is 2.20. The highest BCUT2D eigenvalue weighted by Gasteiger charge is 2.22. The Hall–Kier alpha value is -0.610. The third-order valence-corrected chi connectivity index (χ3v) is 3.14. The summed E-state index contributed by atoms with van der Waals surface area (Å²) in [5.74, 6) is 0.0865. The van der Waals surface area contributed by atoms with Gasteiger partial charge in [0, 0.05) is 32.1 Å². The Morgan fingerprint density at radius 2 is 2.13 bits per heavy atom. The van der Waals surface area contributed by atoms with Crippen molar-refractivity contribution in [2.45, 2.75) is 45.2 Å². The lowest BCUT2D eigenvalue weighted by Crippen LogP contribution is -2.47. The smallest absolute Gasteiger partial charge is 0.217 e. The van der Waals surface area contributed by atoms with Gasteiger partial charge in [0.25, 0.3) is 0 Å². The first-order valence-corrected chi connectivity index (χ1v) is 5.84. The van der Waals surface area contributed by atoms with Crippen LogP contribution in [0.25, 0.3) is 0 Å². The molecule has 3 N–H and O–H groups in total. The van der Waals surface area contributed by atoms with E-state index in [0.29, 0.717) is 12.1 Å². The molecule has 88 valence electrons. The average molecular weight is 213 g/mol. The highest BCUT2D eigenvalue weighted by molar-refractivity contribution is 5.73. The first-order chi connectivity index (χ1) is 7.13. The molecule has 0 spiro atoms. The van der Waals surface area contributed by atoms with Gasteiger partial charge >= 0.3 is 0 Å². The van der Waals surface area contributed by atoms with E-state index in [9.17, 15) is 4.79 Å². The minimum absolute atomic E-state index is 0.0865. The van der Waals surface area contributed by atoms with Crippen molar-refractivity contribution in [1.82, 2.24) is 10.2 Å². The van der Waals surface area contributed by atoms with E-state index in [2.05, 4.69) is 17.1 Å². The molecule has 0 bridgehead atoms. The molecule has 1 aliphatic rings. The molecular weight excluding hydrogens is 190 g/mol. The number of piperidine rings is 1. The summed E-state index contributed by atoms with van der Waals surface area (Å²) in [6.07, 6.45) is 3.19. The lowest BCUT2D eigenvalue weighted by atomic mass is 10.0. The Balaban J connectivity index is 2.26. The molecule has 1 aliphatic heterocycles. The number of likely N-dealkylation sites (tertiary alicyclic amines) is 1. The summed E-state index contributed by atoms with van der Waals surface area (Å²) in [7, 11) is 0. The lowest BCUT2D eigenvalue weighted by molar-refractivity contribution is -0.120. The predicted octanol–water partition coefficient (Wildman–Crippen LogP) is 0.324. The van der Waals surface area contributed by atoms with Crippen LogP contribution in [0.3, 0.4) is 0 Å². The number of hydrogen-bond donors (Lipinski definition) is 2. The number of carbonyl (C=O) groups is 1. The van der Waals surface area contributed by atoms with Crippen LogP contribution in [0.2, 0.25) is 0 Å². The average Bonchev–Trinajstić information content (AvgIpc) is 2.18. The fraction of sp³-hybridized carbons (Fsp3) is 0.909. The normalized spacial score (nSPS) is 21.3. The summed E-state index contributed by atoms with van der Waals surface area (Å²) < 4.78 is 0. The van der Waals surface area contributed by atoms with Crippen molar-refractivity contribution in [3.05, 3.63) is 0 Å². The Morgan fingerprint density at radius 3 is 2.60 bits per heavy atom. The van der Waals surface area contributed by atoms with Crippen LogP contribution < -0.4 is 11.1 Å². The first-order valence-electron chi connectivity index (χ1n) is 5.84. The van der Waals surface area contributed by atoms with Gasteiger partial charge in [0.1, 0.15) is 0 Å². The maximum absolute atomic E-state index is 10.9. The molecule has 4 nitrogen and oxygen atoms in total. The summed E-state index contributed by atoms with van der Waals surface area (Å²) >= 11 is 0. The van der Waals surface area contributed by atoms with Crippen LogP contribution in [-0.2, 0) is 4.79 Å². The van der Waals surface area contributed by atoms with E-state index in [4.69, 9.17) is 5.73 Å². The van der Waals surface area contributed by atoms with Crippen molar-refractivity contribution < 1.29 is 4.79 Å². The van der Waals surface area contributed by atoms with Crippen LogP contribution in [0, 0.1) is 0 Å². The van der Waals surface area contributed by atoms with Crippen LogP contribution in [0.1, 0.15) is 33.1 Å². The van der Waals surface area contributed by atoms with Crippen molar-refractivity contribution in [2.24, 2.45) is 5.73 Å². The van der Waals surface area contributed by atoms with Gasteiger partial charge in [0.15, 0.2) is 0 Å². The molecule has 0 radical (unpaired) electrons. The highest BCUT2D eigenvalue weighted by Crippen LogP contribution is 2.14. The summed E-state index contributed by atoms with van der Waals surface area (Å²) in [5.41, 5.74) is 5.55. The van der Waals surface area contributed by atoms with E-state index in [1.54, 1.807) is 6.92 Å². The van der Waals surface area contributed by atoms with Crippen LogP contribution >= 0.6 is 0 Å². The molecule has 0 aromatic heterocycles. The number of carbonyl (C=O) groups excluding carboxylic acids is 1. The Bertz CT molecular complexity index is 200. The first kappa shape index (κ1) is 12.5. The Morgan fingerprint density at radius 1 is 1.53 bits per heavy atom. The quantitative estimate of drug-likeness (QED) is 0.707. The molecule has 0 aromatic carbocycles. The van der Waals surface area contributed by atoms with E-state index in [-0.39, 0.29) is 5.91 Å². The third kappa shape index (κ3) is 4.18. The molecule has 4 heteroatoms. The largest absolute Gasteiger partial charge is 0.354 e. The van der Waals surface area contributed by atoms with Crippen LogP contribution in [-0.4, -0.2) is 42.5 Å². The van der Waals surface area contributed by atoms with Crippen molar-refractivity contribution >= 4 is 5.91 Å². The molecule has 1 saturated heterocycles. The molecule has 1 amide bonds. The molecule has 1 fully saturated rings. The second-order valence-corrected chi connectivity index (χ2v) is 4.44. The SMILES string of the molecule is CC(=O)NC1CCN(C(C)CCN)CC1. The molecule has 1 atom stereocenters. The van der Waals surface area contributed by atoms with Crippen LogP contribution in [0.5, 0.6) is 0 Å². The van der Waals surface area contributed by atoms with Crippen LogP contribution in [0.15, 0.2) is 0 Å². The van der Waals surface area contributed by atoms with Gasteiger partial charge in [-0.05, 0) is 32.7 Å². The Labute approximate surface area is 92.2 Å². The summed E-state index contributed by atoms with van der Waals surface area (Å²) in [6.45, 7) is 6.72. The highest BCUT2D eigenvalue weighted by atomic mass is 16.1. The van der Waals surface area contributed by atoms with E-state index in [0.717, 1.165) is 38.9 Å². The minimum atomic E-state index is 0.0865. The van der Waals surface area contributed by atoms with Gasteiger partial charge in [0.05, 0.1) is 0 Å². The zero-order valence-corrected chi connectivity index (χ0v) is 9.83. The van der Waals surface area contributed by atoms with Gasteiger partial charge < -0.3 is 16.0 Å². The van der Waals surface area contributed by atoms with Crippen molar-refractivity contribution in [3.8, 4) is 0 Å². The molecule has 1 heterocycles. The summed E-state index contributed by atoms with van der Waals surface area (Å²) in [5, 5.41) is 2.98. The molecule has 1 rings (SSSR count). The number of nitrogens with zero attached hydrogens (tertiary/aromatic N) is 1. The van der Waals surface area contributed by atoms with Gasteiger partial charge in [0.2, 0.25) is 5.91 Å². The van der Waals surface area contributed by atoms with Gasteiger partial charge in [-0.1, -0.05) is 0 Å². The second kappa shape index (κ2) is 6.08. The minimum Gasteiger partial charge on any atom is -0.354 e. The number of amides is 1. The van der Waals surface area contributed by atoms with E-state index in [1.165, 1.54) is 0 Å². The van der Waals surface area contributed by atoms with Crippen molar-refractivity contribution in [2.75, 3.05) is 19.6 Å². The lowest BCUT2D eigenvalue weighted by Gasteiger charge is -2.36. The second-order valence-electron chi connectivity index (χ2n) is 4.44. The summed E-state index contributed by atoms with van der Waals surface area (Å²) in [4.78, 5) is 13.4. The number of nitrogens with two attached hydrogens (primary N) is 1. The molecule has 15 heavy (non-hydrogen) atoms. The molecule has 1 unspecified atom stereocenters. The number of nitrogens with one attached hydrogen (secondary N) is 1. The molecule has 0 aromatic rings. The van der Waals surface area contributed by atoms with E-state index in [1.807, 2.05) is 0 Å². The van der Waals surface area contributed by atoms with Gasteiger partial charge in [-0.25, -0.2) is 0 Å². The number of rotatable bonds is 4. The van der Waals surface area contributed by atoms with Crippen molar-refractivity contribution in [1.29, 1.82) is 0 Å². The zero-order chi connectivity index (χ0) is 11.3. The predicted molar refractivity (Wildman–Crippen MR) is 61.5 cm³/mol. The topological polar surface area (TPSA) is 58.4 Å². The molecule has 0 aliphatic carbocycles. The maximum atomic E-state index is 10.9. The van der Waals surface area contributed by atoms with Crippen molar-refractivity contribution in [3.63, 3.8) is 0 Å². The standard InChI is InChI=1S/C11H23N3O/c1-9(3-6-12)14-7-4-11(5-8-14)13-10(2)15/h9,11H,3-8,12H2,1-2H3,(H,13,15). The fourth-order valence-corrected chi connectivity index (χ4v) is 2.20. The monoisotopic (exact) mass is 213 g/mol. The molecular formula is C11H23N3O. The number of hydrogen-bond acceptors (Lipinski definition) is 3. The van der Waals surface area contributed by atoms with Gasteiger partial charge in [-0.3, -0.25) is 4.79 Å². The maximum Gasteiger partial charge on any atom is 0.217 e. The van der Waals surface area contributed by atoms with E-state index < -0.39 is 0 Å². The third-order valence-electron chi connectivity index (χ3n) is 3.14. The Kier molecular flexibility index (Phi) is 5.05. The summed E-state index contributed by atoms with van der Waals surface area (Å²) in [6, 6.07) is 0.956. The van der Waals surface area contributed by atoms with Gasteiger partial charge in [-0.2, -0.15) is 0 Å². The van der Waals surface area contributed by atoms with Gasteiger partial charge in [-0.15, -0.1) is 0 Å². The molecule has 0 saturated carbocycles. The zero-order valence-electron chi connectivity index (χ0n) is 9.83.